The van der Waals surface area contributed by atoms with Crippen LogP contribution in [0.15, 0.2) is 41.7 Å². The summed E-state index contributed by atoms with van der Waals surface area (Å²) in [7, 11) is -0.790. The minimum atomic E-state index is -2.22. The Bertz CT molecular complexity index is 875. The zero-order valence-electron chi connectivity index (χ0n) is 18.5. The van der Waals surface area contributed by atoms with Crippen molar-refractivity contribution in [2.75, 3.05) is 13.7 Å². The molecule has 0 radical (unpaired) electrons. The van der Waals surface area contributed by atoms with E-state index in [1.54, 1.807) is 0 Å². The first kappa shape index (κ1) is 22.1. The van der Waals surface area contributed by atoms with Gasteiger partial charge in [0.2, 0.25) is 5.91 Å². The molecule has 0 saturated carbocycles. The summed E-state index contributed by atoms with van der Waals surface area (Å²) in [4.78, 5) is 39.1. The number of allylic oxidation sites excluding steroid dienone is 1. The van der Waals surface area contributed by atoms with Crippen LogP contribution >= 0.6 is 0 Å². The van der Waals surface area contributed by atoms with E-state index in [0.717, 1.165) is 5.56 Å². The number of methoxy groups -OCH3 is 1. The normalized spacial score (nSPS) is 22.9. The van der Waals surface area contributed by atoms with Gasteiger partial charge in [-0.05, 0) is 10.6 Å². The molecule has 3 rings (SSSR count). The van der Waals surface area contributed by atoms with Gasteiger partial charge in [-0.1, -0.05) is 64.2 Å². The van der Waals surface area contributed by atoms with Crippen LogP contribution in [-0.4, -0.2) is 61.7 Å². The summed E-state index contributed by atoms with van der Waals surface area (Å²) >= 11 is 0. The first-order chi connectivity index (χ1) is 14.0. The predicted molar refractivity (Wildman–Crippen MR) is 115 cm³/mol. The van der Waals surface area contributed by atoms with E-state index in [4.69, 9.17) is 9.47 Å². The number of hydrogen-bond donors (Lipinski definition) is 0. The maximum absolute atomic E-state index is 13.2. The van der Waals surface area contributed by atoms with E-state index in [1.807, 2.05) is 34.9 Å². The maximum atomic E-state index is 13.2. The number of carbonyl (C=O) groups is 3. The van der Waals surface area contributed by atoms with Gasteiger partial charge in [0.25, 0.3) is 0 Å². The van der Waals surface area contributed by atoms with Gasteiger partial charge in [0.05, 0.1) is 19.7 Å². The molecule has 0 bridgehead atoms. The highest BCUT2D eigenvalue weighted by molar-refractivity contribution is 6.80. The molecule has 8 heteroatoms. The minimum absolute atomic E-state index is 0.0750. The summed E-state index contributed by atoms with van der Waals surface area (Å²) in [5.41, 5.74) is 1.53. The van der Waals surface area contributed by atoms with E-state index in [-0.39, 0.29) is 35.9 Å². The molecule has 30 heavy (non-hydrogen) atoms. The lowest BCUT2D eigenvalue weighted by Gasteiger charge is -2.57. The Hall–Kier alpha value is -2.61. The van der Waals surface area contributed by atoms with Crippen LogP contribution < -0.4 is 0 Å². The van der Waals surface area contributed by atoms with Gasteiger partial charge in [-0.25, -0.2) is 4.79 Å². The van der Waals surface area contributed by atoms with Crippen LogP contribution in [0.4, 0.5) is 4.79 Å². The number of nitrogens with zero attached hydrogens (tertiary/aromatic N) is 2. The van der Waals surface area contributed by atoms with Gasteiger partial charge in [0.15, 0.2) is 20.3 Å². The smallest absolute Gasteiger partial charge is 0.411 e. The molecule has 0 spiro atoms. The van der Waals surface area contributed by atoms with Crippen LogP contribution in [0.25, 0.3) is 0 Å². The van der Waals surface area contributed by atoms with Gasteiger partial charge in [0.1, 0.15) is 12.6 Å². The fraction of sp³-hybridized carbons (Fsp3) is 0.500. The molecule has 2 aliphatic rings. The highest BCUT2D eigenvalue weighted by Crippen LogP contribution is 2.48. The maximum Gasteiger partial charge on any atom is 0.411 e. The van der Waals surface area contributed by atoms with Gasteiger partial charge in [0, 0.05) is 5.57 Å². The van der Waals surface area contributed by atoms with E-state index in [9.17, 15) is 14.4 Å². The second-order valence-corrected chi connectivity index (χ2v) is 14.4. The van der Waals surface area contributed by atoms with Gasteiger partial charge >= 0.3 is 6.09 Å². The molecular weight excluding hydrogens is 400 g/mol. The van der Waals surface area contributed by atoms with Crippen LogP contribution in [0.3, 0.4) is 0 Å². The highest BCUT2D eigenvalue weighted by atomic mass is 28.3. The fourth-order valence-electron chi connectivity index (χ4n) is 3.94. The van der Waals surface area contributed by atoms with Gasteiger partial charge in [-0.15, -0.1) is 0 Å². The molecule has 2 amide bonds. The largest absolute Gasteiger partial charge is 0.493 e. The summed E-state index contributed by atoms with van der Waals surface area (Å²) in [5.74, 6) is 0.0965. The summed E-state index contributed by atoms with van der Waals surface area (Å²) in [6, 6.07) is 8.38. The molecule has 0 N–H and O–H groups in total. The Morgan fingerprint density at radius 2 is 1.83 bits per heavy atom. The van der Waals surface area contributed by atoms with Crippen LogP contribution in [0.5, 0.6) is 0 Å². The van der Waals surface area contributed by atoms with Gasteiger partial charge in [-0.2, -0.15) is 0 Å². The number of amides is 2. The Balaban J connectivity index is 1.89. The number of rotatable bonds is 5. The lowest BCUT2D eigenvalue weighted by atomic mass is 9.95. The van der Waals surface area contributed by atoms with Gasteiger partial charge in [-0.3, -0.25) is 14.5 Å². The third kappa shape index (κ3) is 3.53. The Morgan fingerprint density at radius 3 is 2.37 bits per heavy atom. The molecule has 2 fully saturated rings. The zero-order valence-corrected chi connectivity index (χ0v) is 19.5. The van der Waals surface area contributed by atoms with Crippen molar-refractivity contribution in [2.45, 2.75) is 57.6 Å². The van der Waals surface area contributed by atoms with Crippen LogP contribution in [0, 0.1) is 0 Å². The van der Waals surface area contributed by atoms with E-state index in [0.29, 0.717) is 11.9 Å². The molecule has 2 heterocycles. The molecule has 0 unspecified atom stereocenters. The van der Waals surface area contributed by atoms with E-state index in [2.05, 4.69) is 33.9 Å². The first-order valence-electron chi connectivity index (χ1n) is 10.1. The van der Waals surface area contributed by atoms with E-state index >= 15 is 0 Å². The zero-order chi connectivity index (χ0) is 22.3. The monoisotopic (exact) mass is 430 g/mol. The third-order valence-corrected chi connectivity index (χ3v) is 12.0. The quantitative estimate of drug-likeness (QED) is 0.235. The standard InChI is InChI=1S/C22H30N2O5Si/c1-22(2,3)30(5,6)24-18-16(17(13-25)28-4)12-23(19(18)20(24)26)21(27)29-14-15-10-8-7-9-11-15/h7-11,13,18-19H,12,14H2,1-6H3/b17-16+/t18-,19+/m1/s1. The number of benzene rings is 1. The Kier molecular flexibility index (Phi) is 5.82. The number of hydrogen-bond acceptors (Lipinski definition) is 5. The van der Waals surface area contributed by atoms with E-state index < -0.39 is 20.4 Å². The number of carbonyl (C=O) groups excluding carboxylic acids is 3. The molecule has 0 aliphatic carbocycles. The average Bonchev–Trinajstić information content (AvgIpc) is 3.02. The number of fused-ring (bicyclic) bond motifs is 1. The van der Waals surface area contributed by atoms with Crippen molar-refractivity contribution in [3.8, 4) is 0 Å². The number of likely N-dealkylation sites (tertiary alicyclic amines) is 1. The molecular formula is C22H30N2O5Si. The topological polar surface area (TPSA) is 76.1 Å². The van der Waals surface area contributed by atoms with Crippen molar-refractivity contribution < 1.29 is 23.9 Å². The van der Waals surface area contributed by atoms with Crippen LogP contribution in [-0.2, 0) is 25.7 Å². The molecule has 7 nitrogen and oxygen atoms in total. The molecule has 1 aromatic carbocycles. The van der Waals surface area contributed by atoms with Crippen molar-refractivity contribution in [1.82, 2.24) is 9.47 Å². The molecule has 2 saturated heterocycles. The number of ether oxygens (including phenoxy) is 2. The number of β-lactam (4-membered cyclic amide) rings is 1. The summed E-state index contributed by atoms with van der Waals surface area (Å²) < 4.78 is 12.7. The lowest BCUT2D eigenvalue weighted by Crippen LogP contribution is -2.76. The number of aldehydes is 1. The average molecular weight is 431 g/mol. The second-order valence-electron chi connectivity index (χ2n) is 9.29. The molecule has 162 valence electrons. The van der Waals surface area contributed by atoms with Crippen molar-refractivity contribution in [3.05, 3.63) is 47.2 Å². The Morgan fingerprint density at radius 1 is 1.20 bits per heavy atom. The molecule has 2 atom stereocenters. The SMILES string of the molecule is CO/C(C=O)=C1\CN(C(=O)OCc2ccccc2)[C@@H]2C(=O)N([Si](C)(C)C(C)(C)C)[C@H]12. The summed E-state index contributed by atoms with van der Waals surface area (Å²) in [5, 5.41) is -0.0750. The van der Waals surface area contributed by atoms with Crippen molar-refractivity contribution >= 4 is 26.5 Å². The second kappa shape index (κ2) is 7.90. The molecule has 1 aromatic rings. The Labute approximate surface area is 178 Å². The van der Waals surface area contributed by atoms with Crippen molar-refractivity contribution in [1.29, 1.82) is 0 Å². The van der Waals surface area contributed by atoms with Gasteiger partial charge < -0.3 is 14.0 Å². The minimum Gasteiger partial charge on any atom is -0.493 e. The molecule has 2 aliphatic heterocycles. The molecule has 0 aromatic heterocycles. The lowest BCUT2D eigenvalue weighted by molar-refractivity contribution is -0.144. The highest BCUT2D eigenvalue weighted by Gasteiger charge is 2.64. The predicted octanol–water partition coefficient (Wildman–Crippen LogP) is 3.32. The third-order valence-electron chi connectivity index (χ3n) is 6.62. The fourth-order valence-corrected chi connectivity index (χ4v) is 6.34. The summed E-state index contributed by atoms with van der Waals surface area (Å²) in [6.45, 7) is 10.9. The van der Waals surface area contributed by atoms with E-state index in [1.165, 1.54) is 12.0 Å². The van der Waals surface area contributed by atoms with Crippen LogP contribution in [0.1, 0.15) is 26.3 Å². The van der Waals surface area contributed by atoms with Crippen molar-refractivity contribution in [2.24, 2.45) is 0 Å². The summed E-state index contributed by atoms with van der Waals surface area (Å²) in [6.07, 6.45) is 0.0890. The first-order valence-corrected chi connectivity index (χ1v) is 13.0. The van der Waals surface area contributed by atoms with Crippen molar-refractivity contribution in [3.63, 3.8) is 0 Å². The van der Waals surface area contributed by atoms with Crippen LogP contribution in [0.2, 0.25) is 18.1 Å².